The lowest BCUT2D eigenvalue weighted by Crippen LogP contribution is -2.43. The Morgan fingerprint density at radius 1 is 1.11 bits per heavy atom. The molecule has 0 spiro atoms. The first kappa shape index (κ1) is 27.9. The van der Waals surface area contributed by atoms with E-state index in [4.69, 9.17) is 18.9 Å². The number of benzene rings is 2. The highest BCUT2D eigenvalue weighted by Gasteiger charge is 2.19. The molecular formula is C25H29BrN4O7. The summed E-state index contributed by atoms with van der Waals surface area (Å²) in [4.78, 5) is 38.2. The summed E-state index contributed by atoms with van der Waals surface area (Å²) in [5.74, 6) is -0.397. The molecule has 2 aromatic carbocycles. The van der Waals surface area contributed by atoms with E-state index in [1.807, 2.05) is 6.92 Å². The maximum Gasteiger partial charge on any atom is 0.329 e. The van der Waals surface area contributed by atoms with E-state index in [1.54, 1.807) is 48.4 Å². The van der Waals surface area contributed by atoms with Crippen LogP contribution in [-0.2, 0) is 25.7 Å². The van der Waals surface area contributed by atoms with Crippen LogP contribution in [0, 0.1) is 0 Å². The van der Waals surface area contributed by atoms with Crippen LogP contribution in [-0.4, -0.2) is 75.5 Å². The smallest absolute Gasteiger partial charge is 0.329 e. The molecule has 0 aliphatic carbocycles. The van der Waals surface area contributed by atoms with E-state index in [1.165, 1.54) is 6.21 Å². The number of nitrogens with zero attached hydrogens (tertiary/aromatic N) is 2. The van der Waals surface area contributed by atoms with Gasteiger partial charge in [-0.15, -0.1) is 0 Å². The van der Waals surface area contributed by atoms with Crippen molar-refractivity contribution in [3.05, 3.63) is 52.0 Å². The molecule has 37 heavy (non-hydrogen) atoms. The summed E-state index contributed by atoms with van der Waals surface area (Å²) in [6, 6.07) is 10.4. The minimum absolute atomic E-state index is 0.142. The minimum atomic E-state index is -0.907. The van der Waals surface area contributed by atoms with E-state index < -0.39 is 11.8 Å². The van der Waals surface area contributed by atoms with Gasteiger partial charge in [0.05, 0.1) is 37.6 Å². The van der Waals surface area contributed by atoms with E-state index in [0.717, 1.165) is 5.56 Å². The Kier molecular flexibility index (Phi) is 10.7. The maximum atomic E-state index is 12.4. The van der Waals surface area contributed by atoms with Crippen LogP contribution in [0.5, 0.6) is 17.2 Å². The molecule has 1 saturated heterocycles. The Hall–Kier alpha value is -3.64. The van der Waals surface area contributed by atoms with Gasteiger partial charge in [-0.3, -0.25) is 14.4 Å². The van der Waals surface area contributed by atoms with Gasteiger partial charge in [0.15, 0.2) is 18.1 Å². The first-order valence-corrected chi connectivity index (χ1v) is 12.4. The summed E-state index contributed by atoms with van der Waals surface area (Å²) in [5.41, 5.74) is 3.58. The summed E-state index contributed by atoms with van der Waals surface area (Å²) in [6.07, 6.45) is 1.37. The number of ether oxygens (including phenoxy) is 4. The monoisotopic (exact) mass is 576 g/mol. The molecule has 1 heterocycles. The molecule has 0 unspecified atom stereocenters. The fraction of sp³-hybridized carbons (Fsp3) is 0.360. The lowest BCUT2D eigenvalue weighted by Gasteiger charge is -2.27. The average Bonchev–Trinajstić information content (AvgIpc) is 2.92. The fourth-order valence-electron chi connectivity index (χ4n) is 3.33. The topological polar surface area (TPSA) is 128 Å². The summed E-state index contributed by atoms with van der Waals surface area (Å²) in [6.45, 7) is 4.30. The van der Waals surface area contributed by atoms with Crippen molar-refractivity contribution < 1.29 is 33.3 Å². The van der Waals surface area contributed by atoms with Crippen LogP contribution in [0.2, 0.25) is 0 Å². The number of morpholine rings is 1. The predicted molar refractivity (Wildman–Crippen MR) is 139 cm³/mol. The highest BCUT2D eigenvalue weighted by Crippen LogP contribution is 2.36. The Morgan fingerprint density at radius 2 is 1.84 bits per heavy atom. The molecule has 11 nitrogen and oxygen atoms in total. The van der Waals surface area contributed by atoms with Crippen LogP contribution in [0.3, 0.4) is 0 Å². The molecule has 3 rings (SSSR count). The van der Waals surface area contributed by atoms with E-state index in [9.17, 15) is 14.4 Å². The summed E-state index contributed by atoms with van der Waals surface area (Å²) < 4.78 is 22.3. The molecule has 198 valence electrons. The SMILES string of the molecule is CCOc1cc(/C=N\NC(=O)C(=O)NCc2ccc(OC)cc2)cc(Br)c1OCC(=O)N1CCOCC1. The molecule has 0 atom stereocenters. The van der Waals surface area contributed by atoms with Crippen molar-refractivity contribution in [2.45, 2.75) is 13.5 Å². The van der Waals surface area contributed by atoms with Crippen LogP contribution < -0.4 is 25.0 Å². The van der Waals surface area contributed by atoms with Crippen LogP contribution in [0.15, 0.2) is 46.0 Å². The second kappa shape index (κ2) is 14.2. The lowest BCUT2D eigenvalue weighted by atomic mass is 10.2. The van der Waals surface area contributed by atoms with Crippen molar-refractivity contribution in [2.75, 3.05) is 46.6 Å². The summed E-state index contributed by atoms with van der Waals surface area (Å²) >= 11 is 3.44. The van der Waals surface area contributed by atoms with Crippen molar-refractivity contribution in [1.29, 1.82) is 0 Å². The first-order valence-electron chi connectivity index (χ1n) is 11.6. The van der Waals surface area contributed by atoms with Crippen molar-refractivity contribution in [3.8, 4) is 17.2 Å². The Balaban J connectivity index is 1.55. The molecular weight excluding hydrogens is 548 g/mol. The van der Waals surface area contributed by atoms with Gasteiger partial charge in [0.1, 0.15) is 5.75 Å². The second-order valence-corrected chi connectivity index (χ2v) is 8.63. The van der Waals surface area contributed by atoms with Crippen LogP contribution in [0.25, 0.3) is 0 Å². The van der Waals surface area contributed by atoms with Gasteiger partial charge < -0.3 is 29.2 Å². The number of carbonyl (C=O) groups is 3. The van der Waals surface area contributed by atoms with Gasteiger partial charge in [0.2, 0.25) is 0 Å². The molecule has 1 aliphatic heterocycles. The number of hydrogen-bond acceptors (Lipinski definition) is 8. The zero-order valence-corrected chi connectivity index (χ0v) is 22.2. The van der Waals surface area contributed by atoms with Gasteiger partial charge in [-0.2, -0.15) is 5.10 Å². The van der Waals surface area contributed by atoms with Gasteiger partial charge in [0, 0.05) is 19.6 Å². The third-order valence-electron chi connectivity index (χ3n) is 5.23. The zero-order valence-electron chi connectivity index (χ0n) is 20.6. The third-order valence-corrected chi connectivity index (χ3v) is 5.82. The molecule has 0 radical (unpaired) electrons. The first-order chi connectivity index (χ1) is 17.9. The van der Waals surface area contributed by atoms with Gasteiger partial charge in [-0.25, -0.2) is 5.43 Å². The van der Waals surface area contributed by atoms with E-state index >= 15 is 0 Å². The molecule has 2 N–H and O–H groups in total. The highest BCUT2D eigenvalue weighted by molar-refractivity contribution is 9.10. The van der Waals surface area contributed by atoms with Crippen LogP contribution >= 0.6 is 15.9 Å². The number of rotatable bonds is 10. The van der Waals surface area contributed by atoms with E-state index in [2.05, 4.69) is 31.8 Å². The number of hydrogen-bond donors (Lipinski definition) is 2. The molecule has 12 heteroatoms. The van der Waals surface area contributed by atoms with E-state index in [0.29, 0.717) is 60.2 Å². The minimum Gasteiger partial charge on any atom is -0.497 e. The molecule has 0 bridgehead atoms. The maximum absolute atomic E-state index is 12.4. The number of methoxy groups -OCH3 is 1. The number of hydrazone groups is 1. The van der Waals surface area contributed by atoms with Gasteiger partial charge >= 0.3 is 11.8 Å². The zero-order chi connectivity index (χ0) is 26.6. The van der Waals surface area contributed by atoms with Crippen molar-refractivity contribution in [3.63, 3.8) is 0 Å². The molecule has 3 amide bonds. The Bertz CT molecular complexity index is 1120. The van der Waals surface area contributed by atoms with Crippen LogP contribution in [0.4, 0.5) is 0 Å². The summed E-state index contributed by atoms with van der Waals surface area (Å²) in [7, 11) is 1.57. The van der Waals surface area contributed by atoms with Crippen molar-refractivity contribution in [1.82, 2.24) is 15.6 Å². The predicted octanol–water partition coefficient (Wildman–Crippen LogP) is 1.86. The largest absolute Gasteiger partial charge is 0.497 e. The number of halogens is 1. The third kappa shape index (κ3) is 8.46. The van der Waals surface area contributed by atoms with Crippen LogP contribution in [0.1, 0.15) is 18.1 Å². The average molecular weight is 577 g/mol. The lowest BCUT2D eigenvalue weighted by molar-refractivity contribution is -0.139. The van der Waals surface area contributed by atoms with Crippen molar-refractivity contribution >= 4 is 39.9 Å². The second-order valence-electron chi connectivity index (χ2n) is 7.77. The van der Waals surface area contributed by atoms with Gasteiger partial charge in [0.25, 0.3) is 5.91 Å². The number of amides is 3. The van der Waals surface area contributed by atoms with Gasteiger partial charge in [-0.05, 0) is 58.2 Å². The highest BCUT2D eigenvalue weighted by atomic mass is 79.9. The number of nitrogens with one attached hydrogen (secondary N) is 2. The fourth-order valence-corrected chi connectivity index (χ4v) is 3.90. The molecule has 2 aromatic rings. The standard InChI is InChI=1S/C25H29BrN4O7/c1-3-36-21-13-18(12-20(26)23(21)37-16-22(31)30-8-10-35-11-9-30)15-28-29-25(33)24(32)27-14-17-4-6-19(34-2)7-5-17/h4-7,12-13,15H,3,8-11,14,16H2,1-2H3,(H,27,32)(H,29,33)/b28-15-. The van der Waals surface area contributed by atoms with E-state index in [-0.39, 0.29) is 19.1 Å². The Morgan fingerprint density at radius 3 is 2.51 bits per heavy atom. The Labute approximate surface area is 223 Å². The number of carbonyl (C=O) groups excluding carboxylic acids is 3. The van der Waals surface area contributed by atoms with Crippen molar-refractivity contribution in [2.24, 2.45) is 5.10 Å². The van der Waals surface area contributed by atoms with Gasteiger partial charge in [-0.1, -0.05) is 12.1 Å². The molecule has 0 aromatic heterocycles. The molecule has 1 fully saturated rings. The normalized spacial score (nSPS) is 13.2. The quantitative estimate of drug-likeness (QED) is 0.251. The molecule has 1 aliphatic rings. The molecule has 0 saturated carbocycles. The summed E-state index contributed by atoms with van der Waals surface area (Å²) in [5, 5.41) is 6.38.